The molecule has 1 aromatic rings. The number of thioether (sulfide) groups is 1. The Balaban J connectivity index is 2.10. The number of benzene rings is 1. The van der Waals surface area contributed by atoms with Crippen LogP contribution >= 0.6 is 23.4 Å². The zero-order valence-electron chi connectivity index (χ0n) is 10.3. The third kappa shape index (κ3) is 6.61. The summed E-state index contributed by atoms with van der Waals surface area (Å²) in [4.78, 5) is 0. The smallest absolute Gasteiger partial charge is 0.0914 e. The van der Waals surface area contributed by atoms with E-state index in [0.29, 0.717) is 11.6 Å². The lowest BCUT2D eigenvalue weighted by molar-refractivity contribution is 0.176. The normalized spacial score (nSPS) is 12.6. The average molecular weight is 290 g/mol. The van der Waals surface area contributed by atoms with E-state index < -0.39 is 6.10 Å². The predicted molar refractivity (Wildman–Crippen MR) is 78.3 cm³/mol. The van der Waals surface area contributed by atoms with Crippen molar-refractivity contribution in [1.29, 1.82) is 0 Å². The van der Waals surface area contributed by atoms with Crippen LogP contribution in [0.2, 0.25) is 5.02 Å². The van der Waals surface area contributed by atoms with Crippen LogP contribution in [-0.2, 0) is 0 Å². The standard InChI is InChI=1S/C13H20ClNO2S/c14-12-4-2-11(3-5-12)13(17)10-15-6-9-18-8-1-7-16/h2-5,13,15-17H,1,6-10H2. The maximum absolute atomic E-state index is 9.91. The highest BCUT2D eigenvalue weighted by Gasteiger charge is 2.06. The van der Waals surface area contributed by atoms with Gasteiger partial charge < -0.3 is 15.5 Å². The van der Waals surface area contributed by atoms with Gasteiger partial charge in [-0.05, 0) is 29.9 Å². The van der Waals surface area contributed by atoms with Crippen molar-refractivity contribution < 1.29 is 10.2 Å². The summed E-state index contributed by atoms with van der Waals surface area (Å²) in [6, 6.07) is 7.24. The van der Waals surface area contributed by atoms with Crippen molar-refractivity contribution in [3.63, 3.8) is 0 Å². The van der Waals surface area contributed by atoms with E-state index in [1.54, 1.807) is 23.9 Å². The fourth-order valence-corrected chi connectivity index (χ4v) is 2.41. The highest BCUT2D eigenvalue weighted by Crippen LogP contribution is 2.15. The summed E-state index contributed by atoms with van der Waals surface area (Å²) in [6.07, 6.45) is 0.350. The summed E-state index contributed by atoms with van der Waals surface area (Å²) in [6.45, 7) is 1.67. The molecule has 0 bridgehead atoms. The monoisotopic (exact) mass is 289 g/mol. The lowest BCUT2D eigenvalue weighted by atomic mass is 10.1. The zero-order chi connectivity index (χ0) is 13.2. The minimum Gasteiger partial charge on any atom is -0.396 e. The Kier molecular flexibility index (Phi) is 8.46. The number of nitrogens with one attached hydrogen (secondary N) is 1. The van der Waals surface area contributed by atoms with Crippen molar-refractivity contribution in [3.05, 3.63) is 34.9 Å². The lowest BCUT2D eigenvalue weighted by Crippen LogP contribution is -2.23. The van der Waals surface area contributed by atoms with Gasteiger partial charge in [0, 0.05) is 30.5 Å². The van der Waals surface area contributed by atoms with Gasteiger partial charge in [-0.25, -0.2) is 0 Å². The molecule has 0 saturated carbocycles. The Morgan fingerprint density at radius 1 is 1.22 bits per heavy atom. The van der Waals surface area contributed by atoms with Crippen molar-refractivity contribution in [3.8, 4) is 0 Å². The van der Waals surface area contributed by atoms with Gasteiger partial charge in [0.25, 0.3) is 0 Å². The van der Waals surface area contributed by atoms with Gasteiger partial charge in [0.1, 0.15) is 0 Å². The van der Waals surface area contributed by atoms with Crippen molar-refractivity contribution in [2.24, 2.45) is 0 Å². The van der Waals surface area contributed by atoms with Crippen LogP contribution in [0.3, 0.4) is 0 Å². The maximum atomic E-state index is 9.91. The average Bonchev–Trinajstić information content (AvgIpc) is 2.38. The van der Waals surface area contributed by atoms with Crippen molar-refractivity contribution in [2.45, 2.75) is 12.5 Å². The SMILES string of the molecule is OCCCSCCNCC(O)c1ccc(Cl)cc1. The summed E-state index contributed by atoms with van der Waals surface area (Å²) in [7, 11) is 0. The molecule has 102 valence electrons. The molecule has 0 amide bonds. The van der Waals surface area contributed by atoms with E-state index in [4.69, 9.17) is 16.7 Å². The Labute approximate surface area is 118 Å². The van der Waals surface area contributed by atoms with E-state index in [1.807, 2.05) is 12.1 Å². The first-order chi connectivity index (χ1) is 8.74. The second-order valence-electron chi connectivity index (χ2n) is 3.96. The molecule has 0 aliphatic rings. The molecule has 0 aromatic heterocycles. The molecule has 0 fully saturated rings. The Morgan fingerprint density at radius 2 is 1.94 bits per heavy atom. The molecule has 1 atom stereocenters. The highest BCUT2D eigenvalue weighted by atomic mass is 35.5. The van der Waals surface area contributed by atoms with E-state index in [0.717, 1.165) is 30.0 Å². The zero-order valence-corrected chi connectivity index (χ0v) is 11.9. The molecule has 0 saturated heterocycles. The highest BCUT2D eigenvalue weighted by molar-refractivity contribution is 7.99. The van der Waals surface area contributed by atoms with Gasteiger partial charge in [-0.1, -0.05) is 23.7 Å². The number of aliphatic hydroxyl groups is 2. The predicted octanol–water partition coefficient (Wildman–Crippen LogP) is 2.08. The minimum absolute atomic E-state index is 0.260. The van der Waals surface area contributed by atoms with Crippen LogP contribution < -0.4 is 5.32 Å². The Bertz CT molecular complexity index is 321. The fraction of sp³-hybridized carbons (Fsp3) is 0.538. The molecule has 0 aliphatic heterocycles. The largest absolute Gasteiger partial charge is 0.396 e. The second kappa shape index (κ2) is 9.64. The third-order valence-electron chi connectivity index (χ3n) is 2.46. The van der Waals surface area contributed by atoms with Gasteiger partial charge in [0.05, 0.1) is 6.10 Å². The number of hydrogen-bond acceptors (Lipinski definition) is 4. The summed E-state index contributed by atoms with van der Waals surface area (Å²) in [5.41, 5.74) is 0.875. The summed E-state index contributed by atoms with van der Waals surface area (Å²) < 4.78 is 0. The van der Waals surface area contributed by atoms with Crippen LogP contribution in [0.25, 0.3) is 0 Å². The molecule has 0 aliphatic carbocycles. The van der Waals surface area contributed by atoms with Gasteiger partial charge in [-0.3, -0.25) is 0 Å². The van der Waals surface area contributed by atoms with Crippen LogP contribution in [0.15, 0.2) is 24.3 Å². The number of halogens is 1. The minimum atomic E-state index is -0.496. The molecule has 0 radical (unpaired) electrons. The van der Waals surface area contributed by atoms with Crippen molar-refractivity contribution in [2.75, 3.05) is 31.2 Å². The quantitative estimate of drug-likeness (QED) is 0.609. The van der Waals surface area contributed by atoms with E-state index in [2.05, 4.69) is 5.32 Å². The van der Waals surface area contributed by atoms with E-state index >= 15 is 0 Å². The van der Waals surface area contributed by atoms with Crippen LogP contribution in [0.4, 0.5) is 0 Å². The van der Waals surface area contributed by atoms with Crippen molar-refractivity contribution >= 4 is 23.4 Å². The Morgan fingerprint density at radius 3 is 2.61 bits per heavy atom. The molecule has 3 N–H and O–H groups in total. The molecule has 1 rings (SSSR count). The molecule has 3 nitrogen and oxygen atoms in total. The second-order valence-corrected chi connectivity index (χ2v) is 5.62. The van der Waals surface area contributed by atoms with Gasteiger partial charge in [0.2, 0.25) is 0 Å². The Hall–Kier alpha value is -0.260. The van der Waals surface area contributed by atoms with Crippen LogP contribution in [-0.4, -0.2) is 41.4 Å². The molecular weight excluding hydrogens is 270 g/mol. The van der Waals surface area contributed by atoms with Gasteiger partial charge in [-0.15, -0.1) is 0 Å². The van der Waals surface area contributed by atoms with Crippen LogP contribution in [0, 0.1) is 0 Å². The molecule has 18 heavy (non-hydrogen) atoms. The van der Waals surface area contributed by atoms with E-state index in [9.17, 15) is 5.11 Å². The summed E-state index contributed by atoms with van der Waals surface area (Å²) >= 11 is 7.59. The molecule has 5 heteroatoms. The number of aliphatic hydroxyl groups excluding tert-OH is 2. The molecular formula is C13H20ClNO2S. The van der Waals surface area contributed by atoms with Crippen molar-refractivity contribution in [1.82, 2.24) is 5.32 Å². The van der Waals surface area contributed by atoms with E-state index in [1.165, 1.54) is 0 Å². The molecule has 0 heterocycles. The van der Waals surface area contributed by atoms with Gasteiger partial charge in [-0.2, -0.15) is 11.8 Å². The van der Waals surface area contributed by atoms with Gasteiger partial charge >= 0.3 is 0 Å². The molecule has 1 aromatic carbocycles. The number of rotatable bonds is 9. The lowest BCUT2D eigenvalue weighted by Gasteiger charge is -2.12. The molecule has 0 spiro atoms. The van der Waals surface area contributed by atoms with E-state index in [-0.39, 0.29) is 6.61 Å². The number of hydrogen-bond donors (Lipinski definition) is 3. The van der Waals surface area contributed by atoms with Crippen LogP contribution in [0.1, 0.15) is 18.1 Å². The maximum Gasteiger partial charge on any atom is 0.0914 e. The first-order valence-electron chi connectivity index (χ1n) is 6.07. The fourth-order valence-electron chi connectivity index (χ4n) is 1.45. The summed E-state index contributed by atoms with van der Waals surface area (Å²) in [5.74, 6) is 1.98. The first-order valence-corrected chi connectivity index (χ1v) is 7.60. The topological polar surface area (TPSA) is 52.5 Å². The van der Waals surface area contributed by atoms with Crippen LogP contribution in [0.5, 0.6) is 0 Å². The van der Waals surface area contributed by atoms with Gasteiger partial charge in [0.15, 0.2) is 0 Å². The third-order valence-corrected chi connectivity index (χ3v) is 3.78. The molecule has 1 unspecified atom stereocenters. The first kappa shape index (κ1) is 15.8. The summed E-state index contributed by atoms with van der Waals surface area (Å²) in [5, 5.41) is 22.4.